The zero-order chi connectivity index (χ0) is 31.5. The number of thioether (sulfide) groups is 1. The van der Waals surface area contributed by atoms with E-state index < -0.39 is 48.8 Å². The molecule has 4 amide bonds. The first-order valence-electron chi connectivity index (χ1n) is 15.1. The molecule has 45 heavy (non-hydrogen) atoms. The topological polar surface area (TPSA) is 182 Å². The van der Waals surface area contributed by atoms with Gasteiger partial charge < -0.3 is 44.5 Å². The van der Waals surface area contributed by atoms with E-state index >= 15 is 0 Å². The van der Waals surface area contributed by atoms with Gasteiger partial charge in [0.1, 0.15) is 31.0 Å². The van der Waals surface area contributed by atoms with Crippen LogP contribution in [0, 0.1) is 0 Å². The second kappa shape index (κ2) is 14.2. The van der Waals surface area contributed by atoms with Gasteiger partial charge in [-0.2, -0.15) is 11.8 Å². The van der Waals surface area contributed by atoms with E-state index in [9.17, 15) is 29.4 Å². The van der Waals surface area contributed by atoms with Crippen molar-refractivity contribution < 1.29 is 53.1 Å². The van der Waals surface area contributed by atoms with Crippen molar-refractivity contribution in [1.29, 1.82) is 0 Å². The number of aliphatic hydroxyl groups is 2. The van der Waals surface area contributed by atoms with Crippen LogP contribution in [0.25, 0.3) is 0 Å². The highest BCUT2D eigenvalue weighted by Crippen LogP contribution is 2.35. The summed E-state index contributed by atoms with van der Waals surface area (Å²) in [6, 6.07) is 7.44. The number of fused-ring (bicyclic) bond motifs is 2. The van der Waals surface area contributed by atoms with Gasteiger partial charge in [-0.1, -0.05) is 30.7 Å². The molecule has 4 saturated heterocycles. The van der Waals surface area contributed by atoms with Crippen molar-refractivity contribution in [2.24, 2.45) is 0 Å². The molecule has 0 bridgehead atoms. The third-order valence-corrected chi connectivity index (χ3v) is 10.0. The Morgan fingerprint density at radius 2 is 1.80 bits per heavy atom. The van der Waals surface area contributed by atoms with Crippen LogP contribution in [0.1, 0.15) is 43.1 Å². The monoisotopic (exact) mass is 653 g/mol. The van der Waals surface area contributed by atoms with Gasteiger partial charge in [-0.05, 0) is 18.4 Å². The number of carbonyl (C=O) groups is 4. The fraction of sp³-hybridized carbons (Fsp3) is 0.600. The van der Waals surface area contributed by atoms with Crippen molar-refractivity contribution in [2.45, 2.75) is 86.6 Å². The molecule has 0 saturated carbocycles. The number of carbonyl (C=O) groups excluding carboxylic acids is 4. The molecule has 1 aromatic carbocycles. The van der Waals surface area contributed by atoms with E-state index in [0.29, 0.717) is 17.2 Å². The highest BCUT2D eigenvalue weighted by molar-refractivity contribution is 8.00. The summed E-state index contributed by atoms with van der Waals surface area (Å²) in [6.45, 7) is 0.0924. The Kier molecular flexibility index (Phi) is 10.0. The zero-order valence-corrected chi connectivity index (χ0v) is 25.3. The normalized spacial score (nSPS) is 34.0. The smallest absolute Gasteiger partial charge is 0.315 e. The lowest BCUT2D eigenvalue weighted by Gasteiger charge is -2.46. The molecule has 244 valence electrons. The van der Waals surface area contributed by atoms with E-state index in [1.165, 1.54) is 12.2 Å². The summed E-state index contributed by atoms with van der Waals surface area (Å²) in [5.41, 5.74) is 1.47. The number of ether oxygens (including phenoxy) is 5. The van der Waals surface area contributed by atoms with Gasteiger partial charge in [0.15, 0.2) is 12.6 Å². The highest BCUT2D eigenvalue weighted by Gasteiger charge is 2.49. The van der Waals surface area contributed by atoms with Crippen LogP contribution in [0.2, 0.25) is 0 Å². The average molecular weight is 654 g/mol. The third kappa shape index (κ3) is 7.35. The van der Waals surface area contributed by atoms with Gasteiger partial charge in [-0.15, -0.1) is 0 Å². The molecule has 2 unspecified atom stereocenters. The van der Waals surface area contributed by atoms with Gasteiger partial charge >= 0.3 is 12.0 Å². The van der Waals surface area contributed by atoms with Gasteiger partial charge in [0.25, 0.3) is 11.8 Å². The molecular formula is C30H37N3O11S. The number of imide groups is 1. The molecule has 1 aromatic rings. The Balaban J connectivity index is 0.896. The van der Waals surface area contributed by atoms with Crippen molar-refractivity contribution in [3.63, 3.8) is 0 Å². The maximum atomic E-state index is 12.3. The number of rotatable bonds is 12. The lowest BCUT2D eigenvalue weighted by molar-refractivity contribution is -0.361. The van der Waals surface area contributed by atoms with Crippen LogP contribution in [-0.4, -0.2) is 112 Å². The predicted molar refractivity (Wildman–Crippen MR) is 156 cm³/mol. The lowest BCUT2D eigenvalue weighted by Crippen LogP contribution is -2.62. The summed E-state index contributed by atoms with van der Waals surface area (Å²) in [4.78, 5) is 48.2. The second-order valence-electron chi connectivity index (χ2n) is 11.6. The number of unbranched alkanes of at least 4 members (excludes halogenated alkanes) is 1. The van der Waals surface area contributed by atoms with Gasteiger partial charge in [-0.3, -0.25) is 19.3 Å². The van der Waals surface area contributed by atoms with Gasteiger partial charge in [0.05, 0.1) is 31.8 Å². The number of nitrogens with one attached hydrogen (secondary N) is 2. The molecule has 5 aliphatic rings. The van der Waals surface area contributed by atoms with E-state index in [-0.39, 0.29) is 50.4 Å². The molecule has 4 fully saturated rings. The lowest BCUT2D eigenvalue weighted by atomic mass is 10.0. The molecule has 0 aromatic heterocycles. The quantitative estimate of drug-likeness (QED) is 0.0795. The predicted octanol–water partition coefficient (Wildman–Crippen LogP) is 0.258. The number of hydrogen-bond acceptors (Lipinski definition) is 12. The minimum Gasteiger partial charge on any atom is -0.461 e. The number of esters is 1. The minimum atomic E-state index is -1.42. The average Bonchev–Trinajstić information content (AvgIpc) is 3.70. The van der Waals surface area contributed by atoms with E-state index in [0.717, 1.165) is 35.5 Å². The van der Waals surface area contributed by atoms with Crippen molar-refractivity contribution in [1.82, 2.24) is 15.5 Å². The third-order valence-electron chi connectivity index (χ3n) is 8.54. The van der Waals surface area contributed by atoms with Gasteiger partial charge in [-0.25, -0.2) is 4.79 Å². The molecule has 0 spiro atoms. The van der Waals surface area contributed by atoms with Crippen LogP contribution < -0.4 is 10.6 Å². The number of nitrogens with zero attached hydrogens (tertiary/aromatic N) is 1. The Morgan fingerprint density at radius 1 is 1.02 bits per heavy atom. The molecule has 14 nitrogen and oxygen atoms in total. The minimum absolute atomic E-state index is 0.0206. The second-order valence-corrected chi connectivity index (χ2v) is 12.9. The Hall–Kier alpha value is -3.05. The summed E-state index contributed by atoms with van der Waals surface area (Å²) >= 11 is 1.86. The van der Waals surface area contributed by atoms with Gasteiger partial charge in [0, 0.05) is 35.1 Å². The van der Waals surface area contributed by atoms with Crippen molar-refractivity contribution in [3.05, 3.63) is 47.5 Å². The summed E-state index contributed by atoms with van der Waals surface area (Å²) in [6.07, 6.45) is -1.13. The van der Waals surface area contributed by atoms with Crippen molar-refractivity contribution >= 4 is 35.6 Å². The summed E-state index contributed by atoms with van der Waals surface area (Å²) in [5, 5.41) is 27.6. The SMILES string of the molecule is O=C1N[C@H]2[C@H](CS[C@H]2CCCCC(=O)OCc2ccc(C3O[13CH2][13C@H]4O[13C@@H](OCCN5C(=O)C=CC5=O)[13C@H](O)[13C@@H](O)[13CH]4O3)cc2)N1. The number of urea groups is 1. The highest BCUT2D eigenvalue weighted by atomic mass is 32.2. The van der Waals surface area contributed by atoms with E-state index in [1.807, 2.05) is 11.8 Å². The van der Waals surface area contributed by atoms with Crippen LogP contribution >= 0.6 is 11.8 Å². The molecule has 4 N–H and O–H groups in total. The van der Waals surface area contributed by atoms with Crippen LogP contribution in [-0.2, 0) is 44.7 Å². The first-order valence-corrected chi connectivity index (χ1v) is 16.2. The van der Waals surface area contributed by atoms with Crippen molar-refractivity contribution in [3.8, 4) is 0 Å². The number of amides is 4. The van der Waals surface area contributed by atoms with Crippen LogP contribution in [0.3, 0.4) is 0 Å². The number of aliphatic hydroxyl groups excluding tert-OH is 2. The Morgan fingerprint density at radius 3 is 2.58 bits per heavy atom. The van der Waals surface area contributed by atoms with E-state index in [1.54, 1.807) is 24.3 Å². The first kappa shape index (κ1) is 31.9. The summed E-state index contributed by atoms with van der Waals surface area (Å²) in [5.74, 6) is -0.234. The molecule has 6 rings (SSSR count). The van der Waals surface area contributed by atoms with Crippen molar-refractivity contribution in [2.75, 3.05) is 25.5 Å². The fourth-order valence-corrected chi connectivity index (χ4v) is 7.60. The number of hydrogen-bond donors (Lipinski definition) is 4. The molecule has 5 aliphatic heterocycles. The fourth-order valence-electron chi connectivity index (χ4n) is 6.06. The molecule has 0 aliphatic carbocycles. The number of benzene rings is 1. The standard InChI is InChI=1S/C30H37N3O11S/c34-21-9-10-22(35)33(21)11-12-40-29-26(38)25(37)27-19(43-29)14-42-28(44-27)17-7-5-16(6-8-17)13-41-23(36)4-2-1-3-20-24-18(15-45-20)31-30(39)32-24/h5-10,18-20,24-29,37-38H,1-4,11-15H2,(H2,31,32,39)/t18-,19+,20-,24-,25+,26+,27?,28?,29+/m0/s1/i14+1,19+1,25+1,26+1,27+1,29+1. The molecule has 15 heteroatoms. The Bertz CT molecular complexity index is 1280. The molecular weight excluding hydrogens is 616 g/mol. The van der Waals surface area contributed by atoms with E-state index in [2.05, 4.69) is 10.6 Å². The zero-order valence-electron chi connectivity index (χ0n) is 24.4. The maximum absolute atomic E-state index is 12.3. The molecule has 0 radical (unpaired) electrons. The van der Waals surface area contributed by atoms with Crippen LogP contribution in [0.5, 0.6) is 0 Å². The first-order chi connectivity index (χ1) is 21.8. The molecule has 5 heterocycles. The van der Waals surface area contributed by atoms with E-state index in [4.69, 9.17) is 23.7 Å². The molecule has 9 atom stereocenters. The van der Waals surface area contributed by atoms with Crippen LogP contribution in [0.15, 0.2) is 36.4 Å². The summed E-state index contributed by atoms with van der Waals surface area (Å²) < 4.78 is 28.5. The largest absolute Gasteiger partial charge is 0.461 e. The maximum Gasteiger partial charge on any atom is 0.315 e. The summed E-state index contributed by atoms with van der Waals surface area (Å²) in [7, 11) is 0. The van der Waals surface area contributed by atoms with Gasteiger partial charge in [0.2, 0.25) is 0 Å². The Labute approximate surface area is 263 Å². The van der Waals surface area contributed by atoms with Crippen LogP contribution in [0.4, 0.5) is 4.79 Å².